The average Bonchev–Trinajstić information content (AvgIpc) is 3.38. The van der Waals surface area contributed by atoms with Crippen LogP contribution in [0.25, 0.3) is 16.9 Å². The molecule has 36 heavy (non-hydrogen) atoms. The molecule has 0 aliphatic rings. The topological polar surface area (TPSA) is 38.1 Å². The summed E-state index contributed by atoms with van der Waals surface area (Å²) in [7, 11) is 0. The van der Waals surface area contributed by atoms with E-state index < -0.39 is 0 Å². The van der Waals surface area contributed by atoms with Crippen LogP contribution < -0.4 is 0 Å². The van der Waals surface area contributed by atoms with E-state index in [0.29, 0.717) is 29.5 Å². The van der Waals surface area contributed by atoms with Gasteiger partial charge in [0, 0.05) is 18.7 Å². The first-order chi connectivity index (χ1) is 17.7. The molecule has 4 nitrogen and oxygen atoms in total. The van der Waals surface area contributed by atoms with Crippen molar-refractivity contribution < 1.29 is 4.79 Å². The van der Waals surface area contributed by atoms with Crippen molar-refractivity contribution in [1.29, 1.82) is 0 Å². The second-order valence-electron chi connectivity index (χ2n) is 8.59. The van der Waals surface area contributed by atoms with Crippen LogP contribution in [-0.2, 0) is 13.0 Å². The largest absolute Gasteiger partial charge is 0.333 e. The Hall–Kier alpha value is -4.15. The molecule has 1 heterocycles. The molecule has 0 radical (unpaired) electrons. The molecule has 4 aromatic carbocycles. The maximum absolute atomic E-state index is 14.1. The lowest BCUT2D eigenvalue weighted by Crippen LogP contribution is -2.34. The molecular formula is C31H26ClN3O. The van der Waals surface area contributed by atoms with E-state index in [-0.39, 0.29) is 5.91 Å². The van der Waals surface area contributed by atoms with Crippen LogP contribution in [0.15, 0.2) is 121 Å². The van der Waals surface area contributed by atoms with Crippen LogP contribution in [0.1, 0.15) is 21.6 Å². The highest BCUT2D eigenvalue weighted by molar-refractivity contribution is 6.33. The fraction of sp³-hybridized carbons (Fsp3) is 0.0968. The third-order valence-electron chi connectivity index (χ3n) is 6.10. The van der Waals surface area contributed by atoms with Gasteiger partial charge < -0.3 is 4.90 Å². The standard InChI is InChI=1S/C31H26ClN3O/c32-28-19-11-10-18-27(28)29-22-30(35(33-29)26-16-8-3-9-17-26)31(36)34(23-25-14-6-2-7-15-25)21-20-24-12-4-1-5-13-24/h1-19,22H,20-21,23H2. The minimum Gasteiger partial charge on any atom is -0.333 e. The molecule has 1 amide bonds. The van der Waals surface area contributed by atoms with Crippen molar-refractivity contribution >= 4 is 17.5 Å². The zero-order valence-electron chi connectivity index (χ0n) is 19.8. The summed E-state index contributed by atoms with van der Waals surface area (Å²) >= 11 is 6.49. The van der Waals surface area contributed by atoms with E-state index in [9.17, 15) is 4.79 Å². The Morgan fingerprint density at radius 2 is 1.33 bits per heavy atom. The minimum atomic E-state index is -0.0792. The number of aromatic nitrogens is 2. The van der Waals surface area contributed by atoms with Gasteiger partial charge in [-0.1, -0.05) is 109 Å². The lowest BCUT2D eigenvalue weighted by molar-refractivity contribution is 0.0736. The van der Waals surface area contributed by atoms with Crippen LogP contribution in [-0.4, -0.2) is 27.1 Å². The van der Waals surface area contributed by atoms with E-state index in [1.54, 1.807) is 4.68 Å². The summed E-state index contributed by atoms with van der Waals surface area (Å²) in [5.74, 6) is -0.0792. The molecule has 1 aromatic heterocycles. The highest BCUT2D eigenvalue weighted by Gasteiger charge is 2.24. The van der Waals surface area contributed by atoms with Crippen molar-refractivity contribution in [1.82, 2.24) is 14.7 Å². The van der Waals surface area contributed by atoms with Crippen LogP contribution in [0.3, 0.4) is 0 Å². The van der Waals surface area contributed by atoms with Crippen LogP contribution in [0.4, 0.5) is 0 Å². The molecule has 0 fully saturated rings. The van der Waals surface area contributed by atoms with Gasteiger partial charge in [0.1, 0.15) is 5.69 Å². The summed E-state index contributed by atoms with van der Waals surface area (Å²) in [6.07, 6.45) is 0.760. The molecule has 5 aromatic rings. The van der Waals surface area contributed by atoms with Crippen molar-refractivity contribution in [3.05, 3.63) is 143 Å². The van der Waals surface area contributed by atoms with E-state index in [1.807, 2.05) is 114 Å². The summed E-state index contributed by atoms with van der Waals surface area (Å²) in [5.41, 5.74) is 5.05. The molecule has 0 saturated carbocycles. The monoisotopic (exact) mass is 491 g/mol. The molecule has 0 unspecified atom stereocenters. The summed E-state index contributed by atoms with van der Waals surface area (Å²) in [5, 5.41) is 5.42. The van der Waals surface area contributed by atoms with Gasteiger partial charge in [0.2, 0.25) is 0 Å². The van der Waals surface area contributed by atoms with E-state index >= 15 is 0 Å². The number of benzene rings is 4. The molecule has 0 spiro atoms. The first-order valence-corrected chi connectivity index (χ1v) is 12.3. The maximum atomic E-state index is 14.1. The second-order valence-corrected chi connectivity index (χ2v) is 9.00. The van der Waals surface area contributed by atoms with E-state index in [1.165, 1.54) is 5.56 Å². The van der Waals surface area contributed by atoms with Crippen LogP contribution >= 0.6 is 11.6 Å². The Kier molecular flexibility index (Phi) is 7.25. The predicted octanol–water partition coefficient (Wildman–Crippen LogP) is 7.08. The number of nitrogens with zero attached hydrogens (tertiary/aromatic N) is 3. The smallest absolute Gasteiger partial charge is 0.272 e. The predicted molar refractivity (Wildman–Crippen MR) is 145 cm³/mol. The fourth-order valence-electron chi connectivity index (χ4n) is 4.23. The number of hydrogen-bond donors (Lipinski definition) is 0. The highest BCUT2D eigenvalue weighted by atomic mass is 35.5. The van der Waals surface area contributed by atoms with E-state index in [4.69, 9.17) is 16.7 Å². The maximum Gasteiger partial charge on any atom is 0.272 e. The van der Waals surface area contributed by atoms with Gasteiger partial charge in [-0.2, -0.15) is 5.10 Å². The molecule has 0 bridgehead atoms. The van der Waals surface area contributed by atoms with Gasteiger partial charge in [0.15, 0.2) is 0 Å². The number of para-hydroxylation sites is 1. The Labute approximate surface area is 216 Å². The Morgan fingerprint density at radius 3 is 2.00 bits per heavy atom. The third-order valence-corrected chi connectivity index (χ3v) is 6.43. The number of halogens is 1. The normalized spacial score (nSPS) is 10.8. The van der Waals surface area contributed by atoms with Crippen LogP contribution in [0.5, 0.6) is 0 Å². The number of hydrogen-bond acceptors (Lipinski definition) is 2. The average molecular weight is 492 g/mol. The van der Waals surface area contributed by atoms with Crippen LogP contribution in [0, 0.1) is 0 Å². The molecule has 0 aliphatic carbocycles. The summed E-state index contributed by atoms with van der Waals surface area (Å²) in [6, 6.07) is 39.5. The quantitative estimate of drug-likeness (QED) is 0.232. The van der Waals surface area contributed by atoms with Gasteiger partial charge in [-0.15, -0.1) is 0 Å². The van der Waals surface area contributed by atoms with E-state index in [2.05, 4.69) is 12.1 Å². The van der Waals surface area contributed by atoms with Gasteiger partial charge in [0.25, 0.3) is 5.91 Å². The van der Waals surface area contributed by atoms with E-state index in [0.717, 1.165) is 23.2 Å². The first-order valence-electron chi connectivity index (χ1n) is 12.0. The van der Waals surface area contributed by atoms with Crippen molar-refractivity contribution in [2.24, 2.45) is 0 Å². The molecule has 0 saturated heterocycles. The Bertz CT molecular complexity index is 1430. The molecule has 178 valence electrons. The lowest BCUT2D eigenvalue weighted by Gasteiger charge is -2.23. The van der Waals surface area contributed by atoms with Gasteiger partial charge in [-0.05, 0) is 41.8 Å². The number of carbonyl (C=O) groups is 1. The van der Waals surface area contributed by atoms with Crippen molar-refractivity contribution in [2.75, 3.05) is 6.54 Å². The third kappa shape index (κ3) is 5.40. The highest BCUT2D eigenvalue weighted by Crippen LogP contribution is 2.29. The molecule has 0 atom stereocenters. The summed E-state index contributed by atoms with van der Waals surface area (Å²) in [4.78, 5) is 16.0. The SMILES string of the molecule is O=C(c1cc(-c2ccccc2Cl)nn1-c1ccccc1)N(CCc1ccccc1)Cc1ccccc1. The van der Waals surface area contributed by atoms with Gasteiger partial charge >= 0.3 is 0 Å². The minimum absolute atomic E-state index is 0.0792. The number of carbonyl (C=O) groups excluding carboxylic acids is 1. The fourth-order valence-corrected chi connectivity index (χ4v) is 4.46. The van der Waals surface area contributed by atoms with Gasteiger partial charge in [-0.3, -0.25) is 4.79 Å². The van der Waals surface area contributed by atoms with Crippen molar-refractivity contribution in [2.45, 2.75) is 13.0 Å². The summed E-state index contributed by atoms with van der Waals surface area (Å²) < 4.78 is 1.72. The Balaban J connectivity index is 1.54. The number of rotatable bonds is 8. The number of amides is 1. The first kappa shape index (κ1) is 23.6. The van der Waals surface area contributed by atoms with Gasteiger partial charge in [0.05, 0.1) is 16.4 Å². The summed E-state index contributed by atoms with van der Waals surface area (Å²) in [6.45, 7) is 1.09. The van der Waals surface area contributed by atoms with Crippen LogP contribution in [0.2, 0.25) is 5.02 Å². The van der Waals surface area contributed by atoms with Gasteiger partial charge in [-0.25, -0.2) is 4.68 Å². The molecule has 5 heteroatoms. The zero-order valence-corrected chi connectivity index (χ0v) is 20.6. The second kappa shape index (κ2) is 11.1. The molecule has 0 aliphatic heterocycles. The Morgan fingerprint density at radius 1 is 0.750 bits per heavy atom. The molecule has 0 N–H and O–H groups in total. The zero-order chi connectivity index (χ0) is 24.7. The van der Waals surface area contributed by atoms with Crippen molar-refractivity contribution in [3.63, 3.8) is 0 Å². The molecular weight excluding hydrogens is 466 g/mol. The van der Waals surface area contributed by atoms with Crippen molar-refractivity contribution in [3.8, 4) is 16.9 Å². The molecule has 5 rings (SSSR count). The lowest BCUT2D eigenvalue weighted by atomic mass is 10.1.